The van der Waals surface area contributed by atoms with Gasteiger partial charge < -0.3 is 10.6 Å². The molecular formula is C13H25N3S. The van der Waals surface area contributed by atoms with Crippen LogP contribution in [0.15, 0.2) is 0 Å². The van der Waals surface area contributed by atoms with Crippen LogP contribution in [0.25, 0.3) is 0 Å². The maximum atomic E-state index is 5.97. The third kappa shape index (κ3) is 4.05. The summed E-state index contributed by atoms with van der Waals surface area (Å²) in [4.78, 5) is 8.40. The second-order valence-electron chi connectivity index (χ2n) is 4.34. The second kappa shape index (κ2) is 7.09. The molecule has 4 heteroatoms. The van der Waals surface area contributed by atoms with Crippen molar-refractivity contribution in [3.05, 3.63) is 15.6 Å². The first-order valence-electron chi connectivity index (χ1n) is 6.58. The van der Waals surface area contributed by atoms with Crippen molar-refractivity contribution < 1.29 is 0 Å². The Bertz CT molecular complexity index is 329. The predicted molar refractivity (Wildman–Crippen MR) is 75.6 cm³/mol. The van der Waals surface area contributed by atoms with Crippen molar-refractivity contribution in [3.8, 4) is 0 Å². The zero-order valence-electron chi connectivity index (χ0n) is 11.5. The van der Waals surface area contributed by atoms with Crippen molar-refractivity contribution in [3.63, 3.8) is 0 Å². The summed E-state index contributed by atoms with van der Waals surface area (Å²) in [7, 11) is 0. The van der Waals surface area contributed by atoms with Crippen molar-refractivity contribution in [2.24, 2.45) is 5.73 Å². The van der Waals surface area contributed by atoms with Crippen LogP contribution in [0, 0.1) is 0 Å². The van der Waals surface area contributed by atoms with E-state index < -0.39 is 0 Å². The molecule has 1 atom stereocenters. The Morgan fingerprint density at radius 1 is 1.29 bits per heavy atom. The molecule has 0 saturated heterocycles. The number of nitrogens with two attached hydrogens (primary N) is 1. The molecule has 0 aliphatic carbocycles. The molecule has 0 aromatic carbocycles. The standard InChI is InChI=1S/C13H25N3S/c1-5-11-13(10(4)14)17-12(15-11)8-9-16(6-2)7-3/h10H,5-9,14H2,1-4H3. The summed E-state index contributed by atoms with van der Waals surface area (Å²) in [6.45, 7) is 11.9. The van der Waals surface area contributed by atoms with Crippen LogP contribution < -0.4 is 5.73 Å². The molecule has 1 unspecified atom stereocenters. The number of likely N-dealkylation sites (N-methyl/N-ethyl adjacent to an activating group) is 1. The van der Waals surface area contributed by atoms with E-state index in [9.17, 15) is 0 Å². The van der Waals surface area contributed by atoms with Gasteiger partial charge >= 0.3 is 0 Å². The summed E-state index contributed by atoms with van der Waals surface area (Å²) in [5.41, 5.74) is 7.17. The number of aryl methyl sites for hydroxylation is 1. The molecule has 98 valence electrons. The number of rotatable bonds is 7. The van der Waals surface area contributed by atoms with Crippen molar-refractivity contribution in [2.75, 3.05) is 19.6 Å². The van der Waals surface area contributed by atoms with E-state index in [1.165, 1.54) is 15.6 Å². The zero-order valence-corrected chi connectivity index (χ0v) is 12.3. The number of aromatic nitrogens is 1. The van der Waals surface area contributed by atoms with Crippen molar-refractivity contribution >= 4 is 11.3 Å². The van der Waals surface area contributed by atoms with Crippen LogP contribution in [0.4, 0.5) is 0 Å². The van der Waals surface area contributed by atoms with E-state index in [-0.39, 0.29) is 6.04 Å². The van der Waals surface area contributed by atoms with Gasteiger partial charge in [0.15, 0.2) is 0 Å². The Kier molecular flexibility index (Phi) is 6.09. The molecule has 0 amide bonds. The minimum Gasteiger partial charge on any atom is -0.323 e. The monoisotopic (exact) mass is 255 g/mol. The van der Waals surface area contributed by atoms with E-state index in [2.05, 4.69) is 25.7 Å². The van der Waals surface area contributed by atoms with Crippen LogP contribution >= 0.6 is 11.3 Å². The highest BCUT2D eigenvalue weighted by molar-refractivity contribution is 7.11. The maximum absolute atomic E-state index is 5.97. The molecule has 0 bridgehead atoms. The van der Waals surface area contributed by atoms with Gasteiger partial charge in [-0.1, -0.05) is 20.8 Å². The lowest BCUT2D eigenvalue weighted by atomic mass is 10.2. The summed E-state index contributed by atoms with van der Waals surface area (Å²) in [6, 6.07) is 0.115. The summed E-state index contributed by atoms with van der Waals surface area (Å²) in [5, 5.41) is 1.24. The predicted octanol–water partition coefficient (Wildman–Crippen LogP) is 2.61. The molecule has 1 heterocycles. The van der Waals surface area contributed by atoms with E-state index in [4.69, 9.17) is 10.7 Å². The first-order chi connectivity index (χ1) is 8.12. The number of thiazole rings is 1. The average Bonchev–Trinajstić information content (AvgIpc) is 2.74. The molecule has 0 aliphatic rings. The Hall–Kier alpha value is -0.450. The summed E-state index contributed by atoms with van der Waals surface area (Å²) in [5.74, 6) is 0. The van der Waals surface area contributed by atoms with Crippen LogP contribution in [0.3, 0.4) is 0 Å². The summed E-state index contributed by atoms with van der Waals surface area (Å²) < 4.78 is 0. The van der Waals surface area contributed by atoms with Crippen molar-refractivity contribution in [2.45, 2.75) is 46.6 Å². The fraction of sp³-hybridized carbons (Fsp3) is 0.769. The van der Waals surface area contributed by atoms with Gasteiger partial charge in [-0.05, 0) is 26.4 Å². The molecule has 2 N–H and O–H groups in total. The second-order valence-corrected chi connectivity index (χ2v) is 5.45. The normalized spacial score (nSPS) is 13.3. The van der Waals surface area contributed by atoms with E-state index >= 15 is 0 Å². The highest BCUT2D eigenvalue weighted by Gasteiger charge is 2.13. The number of hydrogen-bond acceptors (Lipinski definition) is 4. The highest BCUT2D eigenvalue weighted by Crippen LogP contribution is 2.24. The Morgan fingerprint density at radius 3 is 2.35 bits per heavy atom. The van der Waals surface area contributed by atoms with E-state index in [0.717, 1.165) is 32.5 Å². The van der Waals surface area contributed by atoms with Crippen LogP contribution in [-0.2, 0) is 12.8 Å². The molecule has 0 fully saturated rings. The molecule has 1 aromatic heterocycles. The quantitative estimate of drug-likeness (QED) is 0.814. The largest absolute Gasteiger partial charge is 0.323 e. The van der Waals surface area contributed by atoms with Crippen LogP contribution in [0.5, 0.6) is 0 Å². The molecule has 17 heavy (non-hydrogen) atoms. The first-order valence-corrected chi connectivity index (χ1v) is 7.40. The SMILES string of the molecule is CCc1nc(CCN(CC)CC)sc1C(C)N. The van der Waals surface area contributed by atoms with Gasteiger partial charge in [-0.3, -0.25) is 0 Å². The number of hydrogen-bond donors (Lipinski definition) is 1. The highest BCUT2D eigenvalue weighted by atomic mass is 32.1. The van der Waals surface area contributed by atoms with Gasteiger partial charge in [0.25, 0.3) is 0 Å². The van der Waals surface area contributed by atoms with Gasteiger partial charge in [-0.2, -0.15) is 0 Å². The van der Waals surface area contributed by atoms with Crippen LogP contribution in [-0.4, -0.2) is 29.5 Å². The average molecular weight is 255 g/mol. The lowest BCUT2D eigenvalue weighted by Gasteiger charge is -2.16. The molecular weight excluding hydrogens is 230 g/mol. The Labute approximate surface area is 109 Å². The summed E-state index contributed by atoms with van der Waals surface area (Å²) in [6.07, 6.45) is 2.03. The minimum absolute atomic E-state index is 0.115. The molecule has 0 radical (unpaired) electrons. The van der Waals surface area contributed by atoms with Crippen LogP contribution in [0.1, 0.15) is 49.3 Å². The van der Waals surface area contributed by atoms with Gasteiger partial charge in [0.2, 0.25) is 0 Å². The Balaban J connectivity index is 2.66. The van der Waals surface area contributed by atoms with Crippen molar-refractivity contribution in [1.82, 2.24) is 9.88 Å². The van der Waals surface area contributed by atoms with Gasteiger partial charge in [0.1, 0.15) is 0 Å². The maximum Gasteiger partial charge on any atom is 0.0944 e. The topological polar surface area (TPSA) is 42.2 Å². The number of nitrogens with zero attached hydrogens (tertiary/aromatic N) is 2. The summed E-state index contributed by atoms with van der Waals surface area (Å²) >= 11 is 1.79. The van der Waals surface area contributed by atoms with Crippen molar-refractivity contribution in [1.29, 1.82) is 0 Å². The molecule has 3 nitrogen and oxygen atoms in total. The smallest absolute Gasteiger partial charge is 0.0944 e. The lowest BCUT2D eigenvalue weighted by molar-refractivity contribution is 0.308. The fourth-order valence-electron chi connectivity index (χ4n) is 1.92. The molecule has 0 spiro atoms. The molecule has 1 rings (SSSR count). The van der Waals surface area contributed by atoms with Crippen LogP contribution in [0.2, 0.25) is 0 Å². The molecule has 0 saturated carbocycles. The van der Waals surface area contributed by atoms with E-state index in [1.54, 1.807) is 11.3 Å². The molecule has 0 aliphatic heterocycles. The Morgan fingerprint density at radius 2 is 1.94 bits per heavy atom. The van der Waals surface area contributed by atoms with Gasteiger partial charge in [-0.25, -0.2) is 4.98 Å². The third-order valence-corrected chi connectivity index (χ3v) is 4.41. The first kappa shape index (κ1) is 14.6. The van der Waals surface area contributed by atoms with E-state index in [0.29, 0.717) is 0 Å². The van der Waals surface area contributed by atoms with E-state index in [1.807, 2.05) is 6.92 Å². The molecule has 1 aromatic rings. The van der Waals surface area contributed by atoms with Gasteiger partial charge in [0.05, 0.1) is 10.7 Å². The third-order valence-electron chi connectivity index (χ3n) is 3.06. The minimum atomic E-state index is 0.115. The fourth-order valence-corrected chi connectivity index (χ4v) is 3.02. The van der Waals surface area contributed by atoms with Gasteiger partial charge in [-0.15, -0.1) is 11.3 Å². The van der Waals surface area contributed by atoms with Gasteiger partial charge in [0, 0.05) is 23.9 Å². The lowest BCUT2D eigenvalue weighted by Crippen LogP contribution is -2.25. The zero-order chi connectivity index (χ0) is 12.8.